The summed E-state index contributed by atoms with van der Waals surface area (Å²) in [4.78, 5) is 18.0. The van der Waals surface area contributed by atoms with E-state index in [1.165, 1.54) is 0 Å². The van der Waals surface area contributed by atoms with E-state index in [0.717, 1.165) is 5.69 Å². The SMILES string of the molecule is CN(c1ccc(C(=N)N)cc1)c1nc2ccccc2c(=O)o1. The Morgan fingerprint density at radius 1 is 1.18 bits per heavy atom. The van der Waals surface area contributed by atoms with Crippen molar-refractivity contribution in [3.8, 4) is 0 Å². The van der Waals surface area contributed by atoms with Gasteiger partial charge in [-0.25, -0.2) is 4.79 Å². The second kappa shape index (κ2) is 5.33. The topological polar surface area (TPSA) is 96.2 Å². The highest BCUT2D eigenvalue weighted by atomic mass is 16.4. The maximum atomic E-state index is 12.0. The fraction of sp³-hybridized carbons (Fsp3) is 0.0625. The lowest BCUT2D eigenvalue weighted by Gasteiger charge is -2.16. The van der Waals surface area contributed by atoms with Crippen LogP contribution in [-0.4, -0.2) is 17.9 Å². The van der Waals surface area contributed by atoms with Crippen molar-refractivity contribution in [1.82, 2.24) is 4.98 Å². The van der Waals surface area contributed by atoms with Crippen LogP contribution in [0.1, 0.15) is 5.56 Å². The standard InChI is InChI=1S/C16H14N4O2/c1-20(11-8-6-10(7-9-11)14(17)18)16-19-13-5-3-2-4-12(13)15(21)22-16/h2-9H,1H3,(H3,17,18). The molecule has 6 nitrogen and oxygen atoms in total. The summed E-state index contributed by atoms with van der Waals surface area (Å²) in [6, 6.07) is 14.3. The summed E-state index contributed by atoms with van der Waals surface area (Å²) in [5, 5.41) is 7.84. The summed E-state index contributed by atoms with van der Waals surface area (Å²) in [6.07, 6.45) is 0. The molecule has 0 fully saturated rings. The van der Waals surface area contributed by atoms with E-state index in [1.54, 1.807) is 54.4 Å². The van der Waals surface area contributed by atoms with Gasteiger partial charge < -0.3 is 10.2 Å². The molecule has 1 aromatic heterocycles. The van der Waals surface area contributed by atoms with Crippen molar-refractivity contribution >= 4 is 28.4 Å². The fourth-order valence-corrected chi connectivity index (χ4v) is 2.13. The zero-order valence-electron chi connectivity index (χ0n) is 11.9. The number of fused-ring (bicyclic) bond motifs is 1. The minimum atomic E-state index is -0.423. The lowest BCUT2D eigenvalue weighted by Crippen LogP contribution is -2.15. The van der Waals surface area contributed by atoms with Gasteiger partial charge in [0.05, 0.1) is 10.9 Å². The smallest absolute Gasteiger partial charge is 0.348 e. The van der Waals surface area contributed by atoms with Crippen LogP contribution < -0.4 is 16.3 Å². The van der Waals surface area contributed by atoms with Crippen LogP contribution in [0.5, 0.6) is 0 Å². The molecule has 0 aliphatic carbocycles. The van der Waals surface area contributed by atoms with Crippen LogP contribution >= 0.6 is 0 Å². The van der Waals surface area contributed by atoms with Gasteiger partial charge in [0.1, 0.15) is 5.84 Å². The van der Waals surface area contributed by atoms with Crippen LogP contribution in [-0.2, 0) is 0 Å². The third-order valence-electron chi connectivity index (χ3n) is 3.38. The normalized spacial score (nSPS) is 10.6. The summed E-state index contributed by atoms with van der Waals surface area (Å²) in [5.74, 6) is 0.00423. The van der Waals surface area contributed by atoms with Crippen molar-refractivity contribution in [1.29, 1.82) is 5.41 Å². The van der Waals surface area contributed by atoms with Crippen molar-refractivity contribution in [3.63, 3.8) is 0 Å². The number of amidine groups is 1. The van der Waals surface area contributed by atoms with Gasteiger partial charge in [-0.1, -0.05) is 12.1 Å². The second-order valence-electron chi connectivity index (χ2n) is 4.82. The molecule has 3 N–H and O–H groups in total. The van der Waals surface area contributed by atoms with Gasteiger partial charge in [0.15, 0.2) is 0 Å². The Balaban J connectivity index is 2.03. The van der Waals surface area contributed by atoms with E-state index in [-0.39, 0.29) is 11.9 Å². The Hall–Kier alpha value is -3.15. The molecule has 0 spiro atoms. The van der Waals surface area contributed by atoms with E-state index in [0.29, 0.717) is 16.5 Å². The van der Waals surface area contributed by atoms with Crippen molar-refractivity contribution in [2.45, 2.75) is 0 Å². The van der Waals surface area contributed by atoms with Crippen LogP contribution in [0.2, 0.25) is 0 Å². The summed E-state index contributed by atoms with van der Waals surface area (Å²) < 4.78 is 5.28. The van der Waals surface area contributed by atoms with E-state index < -0.39 is 5.63 Å². The predicted octanol–water partition coefficient (Wildman–Crippen LogP) is 2.24. The molecule has 0 saturated carbocycles. The molecule has 0 amide bonds. The van der Waals surface area contributed by atoms with Crippen molar-refractivity contribution in [2.24, 2.45) is 5.73 Å². The molecule has 0 bridgehead atoms. The summed E-state index contributed by atoms with van der Waals surface area (Å²) in [7, 11) is 1.75. The van der Waals surface area contributed by atoms with Crippen LogP contribution in [0.4, 0.5) is 11.7 Å². The molecule has 0 unspecified atom stereocenters. The quantitative estimate of drug-likeness (QED) is 0.570. The van der Waals surface area contributed by atoms with E-state index in [4.69, 9.17) is 15.6 Å². The zero-order chi connectivity index (χ0) is 15.7. The summed E-state index contributed by atoms with van der Waals surface area (Å²) >= 11 is 0. The summed E-state index contributed by atoms with van der Waals surface area (Å²) in [5.41, 5.74) is 7.00. The largest absolute Gasteiger partial charge is 0.388 e. The molecular weight excluding hydrogens is 280 g/mol. The highest BCUT2D eigenvalue weighted by Gasteiger charge is 2.12. The molecule has 1 heterocycles. The highest BCUT2D eigenvalue weighted by Crippen LogP contribution is 2.22. The third-order valence-corrected chi connectivity index (χ3v) is 3.38. The van der Waals surface area contributed by atoms with Gasteiger partial charge in [-0.15, -0.1) is 0 Å². The first-order chi connectivity index (χ1) is 10.6. The molecule has 0 aliphatic rings. The lowest BCUT2D eigenvalue weighted by atomic mass is 10.2. The first-order valence-electron chi connectivity index (χ1n) is 6.64. The summed E-state index contributed by atoms with van der Waals surface area (Å²) in [6.45, 7) is 0. The van der Waals surface area contributed by atoms with Crippen LogP contribution in [0.15, 0.2) is 57.7 Å². The van der Waals surface area contributed by atoms with Gasteiger partial charge >= 0.3 is 11.6 Å². The second-order valence-corrected chi connectivity index (χ2v) is 4.82. The number of aromatic nitrogens is 1. The number of anilines is 2. The van der Waals surface area contributed by atoms with Crippen molar-refractivity contribution in [2.75, 3.05) is 11.9 Å². The maximum absolute atomic E-state index is 12.0. The number of nitrogens with two attached hydrogens (primary N) is 1. The number of nitrogens with one attached hydrogen (secondary N) is 1. The first-order valence-corrected chi connectivity index (χ1v) is 6.64. The molecule has 0 saturated heterocycles. The van der Waals surface area contributed by atoms with Crippen molar-refractivity contribution < 1.29 is 4.42 Å². The van der Waals surface area contributed by atoms with Crippen molar-refractivity contribution in [3.05, 3.63) is 64.5 Å². The third kappa shape index (κ3) is 2.42. The predicted molar refractivity (Wildman–Crippen MR) is 85.8 cm³/mol. The highest BCUT2D eigenvalue weighted by molar-refractivity contribution is 5.95. The van der Waals surface area contributed by atoms with E-state index >= 15 is 0 Å². The van der Waals surface area contributed by atoms with E-state index in [1.807, 2.05) is 6.07 Å². The van der Waals surface area contributed by atoms with Gasteiger partial charge in [0.2, 0.25) is 0 Å². The Bertz CT molecular complexity index is 900. The van der Waals surface area contributed by atoms with E-state index in [9.17, 15) is 4.79 Å². The number of hydrogen-bond acceptors (Lipinski definition) is 5. The molecule has 3 aromatic rings. The number of nitrogen functional groups attached to an aromatic ring is 1. The van der Waals surface area contributed by atoms with Crippen LogP contribution in [0.25, 0.3) is 10.9 Å². The number of nitrogens with zero attached hydrogens (tertiary/aromatic N) is 2. The van der Waals surface area contributed by atoms with Crippen LogP contribution in [0.3, 0.4) is 0 Å². The Morgan fingerprint density at radius 3 is 2.55 bits per heavy atom. The maximum Gasteiger partial charge on any atom is 0.348 e. The van der Waals surface area contributed by atoms with Gasteiger partial charge in [-0.2, -0.15) is 4.98 Å². The monoisotopic (exact) mass is 294 g/mol. The molecule has 0 atom stereocenters. The molecule has 6 heteroatoms. The van der Waals surface area contributed by atoms with Gasteiger partial charge in [0, 0.05) is 18.3 Å². The Labute approximate surface area is 126 Å². The van der Waals surface area contributed by atoms with E-state index in [2.05, 4.69) is 4.98 Å². The molecule has 0 aliphatic heterocycles. The molecule has 2 aromatic carbocycles. The molecule has 22 heavy (non-hydrogen) atoms. The fourth-order valence-electron chi connectivity index (χ4n) is 2.13. The zero-order valence-corrected chi connectivity index (χ0v) is 11.9. The average Bonchev–Trinajstić information content (AvgIpc) is 2.54. The number of rotatable bonds is 3. The number of para-hydroxylation sites is 1. The van der Waals surface area contributed by atoms with Crippen LogP contribution in [0, 0.1) is 5.41 Å². The average molecular weight is 294 g/mol. The first kappa shape index (κ1) is 13.8. The minimum absolute atomic E-state index is 0.00423. The molecular formula is C16H14N4O2. The lowest BCUT2D eigenvalue weighted by molar-refractivity contribution is 0.507. The number of hydrogen-bond donors (Lipinski definition) is 2. The Kier molecular flexibility index (Phi) is 3.34. The number of benzene rings is 2. The Morgan fingerprint density at radius 2 is 1.86 bits per heavy atom. The van der Waals surface area contributed by atoms with Gasteiger partial charge in [-0.05, 0) is 36.4 Å². The van der Waals surface area contributed by atoms with Gasteiger partial charge in [0.25, 0.3) is 0 Å². The minimum Gasteiger partial charge on any atom is -0.388 e. The van der Waals surface area contributed by atoms with Gasteiger partial charge in [-0.3, -0.25) is 10.3 Å². The molecule has 0 radical (unpaired) electrons. The molecule has 3 rings (SSSR count). The molecule has 110 valence electrons.